The molecule has 0 radical (unpaired) electrons. The van der Waals surface area contributed by atoms with Crippen LogP contribution in [0.1, 0.15) is 5.56 Å². The van der Waals surface area contributed by atoms with Gasteiger partial charge < -0.3 is 9.30 Å². The van der Waals surface area contributed by atoms with E-state index in [0.29, 0.717) is 0 Å². The highest BCUT2D eigenvalue weighted by Gasteiger charge is 2.10. The lowest BCUT2D eigenvalue weighted by Crippen LogP contribution is -2.02. The van der Waals surface area contributed by atoms with Gasteiger partial charge in [0.15, 0.2) is 5.88 Å². The van der Waals surface area contributed by atoms with E-state index < -0.39 is 0 Å². The normalized spacial score (nSPS) is 10.7. The average Bonchev–Trinajstić information content (AvgIpc) is 2.86. The van der Waals surface area contributed by atoms with Crippen molar-refractivity contribution in [3.05, 3.63) is 72.8 Å². The van der Waals surface area contributed by atoms with E-state index in [1.165, 1.54) is 10.9 Å². The van der Waals surface area contributed by atoms with E-state index in [9.17, 15) is 0 Å². The maximum Gasteiger partial charge on any atom is 0.194 e. The van der Waals surface area contributed by atoms with Crippen molar-refractivity contribution in [3.8, 4) is 5.88 Å². The van der Waals surface area contributed by atoms with Crippen molar-refractivity contribution in [2.45, 2.75) is 6.54 Å². The molecule has 0 unspecified atom stereocenters. The zero-order valence-electron chi connectivity index (χ0n) is 11.5. The van der Waals surface area contributed by atoms with Crippen LogP contribution in [0.3, 0.4) is 0 Å². The van der Waals surface area contributed by atoms with Crippen LogP contribution >= 0.6 is 0 Å². The van der Waals surface area contributed by atoms with E-state index in [1.54, 1.807) is 7.11 Å². The van der Waals surface area contributed by atoms with Crippen LogP contribution in [0, 0.1) is 0 Å². The molecule has 2 aromatic carbocycles. The monoisotopic (exact) mass is 263 g/mol. The summed E-state index contributed by atoms with van der Waals surface area (Å²) in [6.45, 7) is 4.93. The van der Waals surface area contributed by atoms with Crippen LogP contribution in [0.5, 0.6) is 5.88 Å². The largest absolute Gasteiger partial charge is 0.482 e. The summed E-state index contributed by atoms with van der Waals surface area (Å²) in [6.07, 6.45) is 0. The van der Waals surface area contributed by atoms with Gasteiger partial charge in [0.1, 0.15) is 0 Å². The summed E-state index contributed by atoms with van der Waals surface area (Å²) >= 11 is 0. The number of allylic oxidation sites excluding steroid dienone is 1. The van der Waals surface area contributed by atoms with Crippen LogP contribution in [0.2, 0.25) is 0 Å². The molecule has 3 rings (SSSR count). The topological polar surface area (TPSA) is 14.2 Å². The van der Waals surface area contributed by atoms with Crippen LogP contribution in [-0.2, 0) is 6.54 Å². The summed E-state index contributed by atoms with van der Waals surface area (Å²) < 4.78 is 7.65. The van der Waals surface area contributed by atoms with Gasteiger partial charge in [0.2, 0.25) is 0 Å². The van der Waals surface area contributed by atoms with Gasteiger partial charge in [0.25, 0.3) is 0 Å². The quantitative estimate of drug-likeness (QED) is 0.682. The molecule has 20 heavy (non-hydrogen) atoms. The Morgan fingerprint density at radius 1 is 1.05 bits per heavy atom. The predicted molar refractivity (Wildman–Crippen MR) is 84.0 cm³/mol. The Bertz CT molecular complexity index is 740. The van der Waals surface area contributed by atoms with Gasteiger partial charge in [-0.3, -0.25) is 0 Å². The number of aromatic nitrogens is 1. The standard InChI is InChI=1S/C18H17NO/c1-14(15-8-4-3-5-9-15)13-19-17-11-7-6-10-16(17)12-18(19)20-2/h3-12H,1,13H2,2H3. The second-order valence-corrected chi connectivity index (χ2v) is 4.80. The van der Waals surface area contributed by atoms with Crippen molar-refractivity contribution in [3.63, 3.8) is 0 Å². The van der Waals surface area contributed by atoms with Crippen LogP contribution in [0.4, 0.5) is 0 Å². The van der Waals surface area contributed by atoms with Crippen LogP contribution < -0.4 is 4.74 Å². The number of fused-ring (bicyclic) bond motifs is 1. The molecule has 1 heterocycles. The molecule has 0 saturated carbocycles. The van der Waals surface area contributed by atoms with Gasteiger partial charge >= 0.3 is 0 Å². The van der Waals surface area contributed by atoms with Crippen molar-refractivity contribution in [1.82, 2.24) is 4.57 Å². The Hall–Kier alpha value is -2.48. The van der Waals surface area contributed by atoms with Crippen LogP contribution in [-0.4, -0.2) is 11.7 Å². The summed E-state index contributed by atoms with van der Waals surface area (Å²) in [6, 6.07) is 20.6. The molecule has 100 valence electrons. The molecule has 1 aromatic heterocycles. The number of rotatable bonds is 4. The number of ether oxygens (including phenoxy) is 1. The molecule has 2 heteroatoms. The highest BCUT2D eigenvalue weighted by Crippen LogP contribution is 2.27. The first kappa shape index (κ1) is 12.5. The van der Waals surface area contributed by atoms with Gasteiger partial charge in [-0.25, -0.2) is 0 Å². The third-order valence-electron chi connectivity index (χ3n) is 3.51. The molecule has 0 N–H and O–H groups in total. The van der Waals surface area contributed by atoms with Crippen LogP contribution in [0.25, 0.3) is 16.5 Å². The minimum Gasteiger partial charge on any atom is -0.482 e. The molecule has 0 spiro atoms. The smallest absolute Gasteiger partial charge is 0.194 e. The fourth-order valence-corrected chi connectivity index (χ4v) is 2.47. The third kappa shape index (κ3) is 2.21. The fraction of sp³-hybridized carbons (Fsp3) is 0.111. The lowest BCUT2D eigenvalue weighted by molar-refractivity contribution is 0.381. The zero-order chi connectivity index (χ0) is 13.9. The van der Waals surface area contributed by atoms with Crippen molar-refractivity contribution < 1.29 is 4.74 Å². The van der Waals surface area contributed by atoms with Gasteiger partial charge in [-0.1, -0.05) is 55.1 Å². The van der Waals surface area contributed by atoms with Crippen molar-refractivity contribution in [1.29, 1.82) is 0 Å². The first-order valence-corrected chi connectivity index (χ1v) is 6.65. The molecule has 0 aliphatic rings. The number of hydrogen-bond donors (Lipinski definition) is 0. The van der Waals surface area contributed by atoms with Crippen LogP contribution in [0.15, 0.2) is 67.2 Å². The van der Waals surface area contributed by atoms with Gasteiger partial charge in [-0.05, 0) is 17.2 Å². The Morgan fingerprint density at radius 3 is 2.50 bits per heavy atom. The summed E-state index contributed by atoms with van der Waals surface area (Å²) in [5, 5.41) is 1.19. The number of methoxy groups -OCH3 is 1. The summed E-state index contributed by atoms with van der Waals surface area (Å²) in [4.78, 5) is 0. The van der Waals surface area contributed by atoms with E-state index in [2.05, 4.69) is 41.5 Å². The molecule has 0 fully saturated rings. The van der Waals surface area contributed by atoms with Gasteiger partial charge in [-0.2, -0.15) is 0 Å². The second kappa shape index (κ2) is 5.25. The molecule has 2 nitrogen and oxygen atoms in total. The van der Waals surface area contributed by atoms with Crippen molar-refractivity contribution in [2.24, 2.45) is 0 Å². The average molecular weight is 263 g/mol. The summed E-state index contributed by atoms with van der Waals surface area (Å²) in [5.74, 6) is 0.864. The minimum atomic E-state index is 0.723. The Kier molecular flexibility index (Phi) is 3.30. The lowest BCUT2D eigenvalue weighted by Gasteiger charge is -2.12. The van der Waals surface area contributed by atoms with Gasteiger partial charge in [0, 0.05) is 11.5 Å². The van der Waals surface area contributed by atoms with Gasteiger partial charge in [-0.15, -0.1) is 0 Å². The maximum absolute atomic E-state index is 5.49. The van der Waals surface area contributed by atoms with E-state index in [-0.39, 0.29) is 0 Å². The van der Waals surface area contributed by atoms with Gasteiger partial charge in [0.05, 0.1) is 19.2 Å². The molecular weight excluding hydrogens is 246 g/mol. The summed E-state index contributed by atoms with van der Waals surface area (Å²) in [7, 11) is 1.70. The molecule has 0 amide bonds. The predicted octanol–water partition coefficient (Wildman–Crippen LogP) is 4.36. The highest BCUT2D eigenvalue weighted by atomic mass is 16.5. The fourth-order valence-electron chi connectivity index (χ4n) is 2.47. The van der Waals surface area contributed by atoms with E-state index in [1.807, 2.05) is 30.3 Å². The Morgan fingerprint density at radius 2 is 1.75 bits per heavy atom. The highest BCUT2D eigenvalue weighted by molar-refractivity contribution is 5.83. The molecule has 0 aliphatic heterocycles. The molecule has 0 bridgehead atoms. The maximum atomic E-state index is 5.49. The molecular formula is C18H17NO. The Balaban J connectivity index is 2.00. The van der Waals surface area contributed by atoms with E-state index >= 15 is 0 Å². The number of benzene rings is 2. The summed E-state index contributed by atoms with van der Waals surface area (Å²) in [5.41, 5.74) is 3.40. The third-order valence-corrected chi connectivity index (χ3v) is 3.51. The first-order chi connectivity index (χ1) is 9.79. The number of nitrogens with zero attached hydrogens (tertiary/aromatic N) is 1. The SMILES string of the molecule is C=C(Cn1c(OC)cc2ccccc21)c1ccccc1. The Labute approximate surface area is 118 Å². The minimum absolute atomic E-state index is 0.723. The zero-order valence-corrected chi connectivity index (χ0v) is 11.5. The second-order valence-electron chi connectivity index (χ2n) is 4.80. The molecule has 0 atom stereocenters. The van der Waals surface area contributed by atoms with E-state index in [0.717, 1.165) is 23.6 Å². The molecule has 0 saturated heterocycles. The molecule has 0 aliphatic carbocycles. The lowest BCUT2D eigenvalue weighted by atomic mass is 10.1. The number of para-hydroxylation sites is 1. The molecule has 3 aromatic rings. The first-order valence-electron chi connectivity index (χ1n) is 6.65. The van der Waals surface area contributed by atoms with Crippen molar-refractivity contribution in [2.75, 3.05) is 7.11 Å². The van der Waals surface area contributed by atoms with Crippen molar-refractivity contribution >= 4 is 16.5 Å². The van der Waals surface area contributed by atoms with E-state index in [4.69, 9.17) is 4.74 Å². The number of hydrogen-bond acceptors (Lipinski definition) is 1.